The number of nitrogens with one attached hydrogen (secondary N) is 4. The fraction of sp³-hybridized carbons (Fsp3) is 0.211. The summed E-state index contributed by atoms with van der Waals surface area (Å²) in [4.78, 5) is 35.8. The van der Waals surface area contributed by atoms with Crippen molar-refractivity contribution in [3.05, 3.63) is 60.4 Å². The molecule has 0 bridgehead atoms. The molecule has 9 heteroatoms. The molecule has 0 aromatic heterocycles. The molecule has 4 N–H and O–H groups in total. The molecule has 0 aliphatic rings. The maximum Gasteiger partial charge on any atom is 0.319 e. The lowest BCUT2D eigenvalue weighted by Gasteiger charge is -2.18. The third-order valence-electron chi connectivity index (χ3n) is 3.59. The van der Waals surface area contributed by atoms with Crippen molar-refractivity contribution in [3.8, 4) is 5.75 Å². The van der Waals surface area contributed by atoms with Gasteiger partial charge in [-0.15, -0.1) is 0 Å². The fourth-order valence-corrected chi connectivity index (χ4v) is 2.07. The van der Waals surface area contributed by atoms with Crippen LogP contribution < -0.4 is 26.2 Å². The smallest absolute Gasteiger partial charge is 0.319 e. The monoisotopic (exact) mass is 388 g/mol. The Morgan fingerprint density at radius 2 is 1.50 bits per heavy atom. The van der Waals surface area contributed by atoms with E-state index in [0.717, 1.165) is 0 Å². The molecule has 0 radical (unpaired) electrons. The lowest BCUT2D eigenvalue weighted by molar-refractivity contribution is -0.133. The molecule has 0 unspecified atom stereocenters. The summed E-state index contributed by atoms with van der Waals surface area (Å²) >= 11 is 0. The Morgan fingerprint density at radius 1 is 0.893 bits per heavy atom. The Hall–Kier alpha value is -3.62. The van der Waals surface area contributed by atoms with E-state index in [1.165, 1.54) is 32.0 Å². The van der Waals surface area contributed by atoms with Gasteiger partial charge in [-0.05, 0) is 38.1 Å². The van der Waals surface area contributed by atoms with Crippen LogP contribution >= 0.6 is 0 Å². The number of para-hydroxylation sites is 2. The molecule has 0 spiro atoms. The first-order chi connectivity index (χ1) is 13.4. The first-order valence-electron chi connectivity index (χ1n) is 8.50. The van der Waals surface area contributed by atoms with Gasteiger partial charge in [0.05, 0.1) is 0 Å². The molecule has 0 aliphatic carbocycles. The van der Waals surface area contributed by atoms with E-state index in [1.54, 1.807) is 36.4 Å². The SMILES string of the molecule is C[C@H](NC(=O)Nc1ccccc1)C(=O)NNC(=O)[C@@H](C)Oc1ccccc1F. The molecule has 4 amide bonds. The number of rotatable bonds is 6. The number of amides is 4. The van der Waals surface area contributed by atoms with Crippen molar-refractivity contribution in [2.75, 3.05) is 5.32 Å². The number of ether oxygens (including phenoxy) is 1. The lowest BCUT2D eigenvalue weighted by atomic mass is 10.3. The zero-order valence-electron chi connectivity index (χ0n) is 15.4. The fourth-order valence-electron chi connectivity index (χ4n) is 2.07. The van der Waals surface area contributed by atoms with Crippen molar-refractivity contribution in [1.82, 2.24) is 16.2 Å². The zero-order chi connectivity index (χ0) is 20.5. The maximum absolute atomic E-state index is 13.5. The highest BCUT2D eigenvalue weighted by molar-refractivity contribution is 5.94. The van der Waals surface area contributed by atoms with Gasteiger partial charge in [0.25, 0.3) is 11.8 Å². The summed E-state index contributed by atoms with van der Waals surface area (Å²) < 4.78 is 18.8. The van der Waals surface area contributed by atoms with Crippen LogP contribution in [0.25, 0.3) is 0 Å². The van der Waals surface area contributed by atoms with E-state index in [-0.39, 0.29) is 5.75 Å². The number of hydrogen-bond acceptors (Lipinski definition) is 4. The van der Waals surface area contributed by atoms with Crippen molar-refractivity contribution in [2.24, 2.45) is 0 Å². The van der Waals surface area contributed by atoms with Gasteiger partial charge in [-0.25, -0.2) is 9.18 Å². The average Bonchev–Trinajstić information content (AvgIpc) is 2.68. The summed E-state index contributed by atoms with van der Waals surface area (Å²) in [7, 11) is 0. The molecule has 0 fully saturated rings. The Morgan fingerprint density at radius 3 is 2.18 bits per heavy atom. The van der Waals surface area contributed by atoms with Crippen LogP contribution in [-0.4, -0.2) is 30.0 Å². The van der Waals surface area contributed by atoms with Crippen LogP contribution in [0, 0.1) is 5.82 Å². The van der Waals surface area contributed by atoms with Crippen molar-refractivity contribution in [2.45, 2.75) is 26.0 Å². The van der Waals surface area contributed by atoms with Gasteiger partial charge in [0, 0.05) is 5.69 Å². The van der Waals surface area contributed by atoms with E-state index in [9.17, 15) is 18.8 Å². The first-order valence-corrected chi connectivity index (χ1v) is 8.50. The van der Waals surface area contributed by atoms with E-state index >= 15 is 0 Å². The summed E-state index contributed by atoms with van der Waals surface area (Å²) in [6, 6.07) is 12.9. The van der Waals surface area contributed by atoms with Crippen LogP contribution in [0.5, 0.6) is 5.75 Å². The Balaban J connectivity index is 1.76. The minimum Gasteiger partial charge on any atom is -0.478 e. The number of benzene rings is 2. The Bertz CT molecular complexity index is 832. The molecule has 148 valence electrons. The number of hydrazine groups is 1. The van der Waals surface area contributed by atoms with E-state index in [4.69, 9.17) is 4.74 Å². The molecule has 2 atom stereocenters. The molecule has 0 aliphatic heterocycles. The second kappa shape index (κ2) is 9.91. The van der Waals surface area contributed by atoms with Crippen LogP contribution in [0.4, 0.5) is 14.9 Å². The third kappa shape index (κ3) is 6.27. The average molecular weight is 388 g/mol. The summed E-state index contributed by atoms with van der Waals surface area (Å²) in [5, 5.41) is 5.00. The van der Waals surface area contributed by atoms with Crippen LogP contribution in [-0.2, 0) is 9.59 Å². The number of carbonyl (C=O) groups excluding carboxylic acids is 3. The highest BCUT2D eigenvalue weighted by atomic mass is 19.1. The quantitative estimate of drug-likeness (QED) is 0.567. The normalized spacial score (nSPS) is 12.2. The maximum atomic E-state index is 13.5. The topological polar surface area (TPSA) is 109 Å². The molecule has 0 saturated carbocycles. The summed E-state index contributed by atoms with van der Waals surface area (Å²) in [6.45, 7) is 2.86. The van der Waals surface area contributed by atoms with E-state index < -0.39 is 35.8 Å². The second-order valence-corrected chi connectivity index (χ2v) is 5.86. The van der Waals surface area contributed by atoms with Gasteiger partial charge in [-0.3, -0.25) is 20.4 Å². The van der Waals surface area contributed by atoms with E-state index in [1.807, 2.05) is 0 Å². The van der Waals surface area contributed by atoms with Crippen molar-refractivity contribution in [3.63, 3.8) is 0 Å². The highest BCUT2D eigenvalue weighted by Crippen LogP contribution is 2.16. The van der Waals surface area contributed by atoms with Gasteiger partial charge >= 0.3 is 6.03 Å². The minimum atomic E-state index is -1.05. The van der Waals surface area contributed by atoms with Crippen LogP contribution in [0.1, 0.15) is 13.8 Å². The number of carbonyl (C=O) groups is 3. The highest BCUT2D eigenvalue weighted by Gasteiger charge is 2.20. The number of urea groups is 1. The predicted octanol–water partition coefficient (Wildman–Crippen LogP) is 1.95. The molecule has 8 nitrogen and oxygen atoms in total. The molecule has 2 rings (SSSR count). The summed E-state index contributed by atoms with van der Waals surface area (Å²) in [5.41, 5.74) is 4.92. The number of halogens is 1. The number of anilines is 1. The standard InChI is InChI=1S/C19H21FN4O4/c1-12(21-19(27)22-14-8-4-3-5-9-14)17(25)23-24-18(26)13(2)28-16-11-7-6-10-15(16)20/h3-13H,1-2H3,(H,23,25)(H,24,26)(H2,21,22,27)/t12-,13+/m0/s1. The van der Waals surface area contributed by atoms with Gasteiger partial charge < -0.3 is 15.4 Å². The summed E-state index contributed by atoms with van der Waals surface area (Å²) in [6.07, 6.45) is -1.05. The lowest BCUT2D eigenvalue weighted by Crippen LogP contribution is -2.53. The zero-order valence-corrected chi connectivity index (χ0v) is 15.4. The van der Waals surface area contributed by atoms with Gasteiger partial charge in [0.1, 0.15) is 6.04 Å². The molecule has 0 saturated heterocycles. The minimum absolute atomic E-state index is 0.0795. The molecule has 0 heterocycles. The number of hydrogen-bond donors (Lipinski definition) is 4. The largest absolute Gasteiger partial charge is 0.478 e. The third-order valence-corrected chi connectivity index (χ3v) is 3.59. The van der Waals surface area contributed by atoms with Crippen molar-refractivity contribution >= 4 is 23.5 Å². The first kappa shape index (κ1) is 20.7. The van der Waals surface area contributed by atoms with Crippen LogP contribution in [0.3, 0.4) is 0 Å². The molecular weight excluding hydrogens is 367 g/mol. The molecule has 28 heavy (non-hydrogen) atoms. The van der Waals surface area contributed by atoms with Crippen molar-refractivity contribution in [1.29, 1.82) is 0 Å². The van der Waals surface area contributed by atoms with E-state index in [2.05, 4.69) is 21.5 Å². The van der Waals surface area contributed by atoms with Gasteiger partial charge in [-0.1, -0.05) is 30.3 Å². The van der Waals surface area contributed by atoms with Gasteiger partial charge in [-0.2, -0.15) is 0 Å². The predicted molar refractivity (Wildman–Crippen MR) is 101 cm³/mol. The second-order valence-electron chi connectivity index (χ2n) is 5.86. The van der Waals surface area contributed by atoms with Gasteiger partial charge in [0.2, 0.25) is 0 Å². The van der Waals surface area contributed by atoms with E-state index in [0.29, 0.717) is 5.69 Å². The Kier molecular flexibility index (Phi) is 7.32. The van der Waals surface area contributed by atoms with Crippen molar-refractivity contribution < 1.29 is 23.5 Å². The van der Waals surface area contributed by atoms with Gasteiger partial charge in [0.15, 0.2) is 17.7 Å². The summed E-state index contributed by atoms with van der Waals surface area (Å²) in [5.74, 6) is -2.01. The molecule has 2 aromatic carbocycles. The van der Waals surface area contributed by atoms with Crippen LogP contribution in [0.15, 0.2) is 54.6 Å². The molecule has 2 aromatic rings. The molecular formula is C19H21FN4O4. The van der Waals surface area contributed by atoms with Crippen LogP contribution in [0.2, 0.25) is 0 Å². The Labute approximate surface area is 161 Å².